The van der Waals surface area contributed by atoms with Crippen LogP contribution in [0.5, 0.6) is 0 Å². The number of para-hydroxylation sites is 1. The van der Waals surface area contributed by atoms with Crippen molar-refractivity contribution in [2.24, 2.45) is 5.92 Å². The fourth-order valence-corrected chi connectivity index (χ4v) is 3.74. The number of anilines is 1. The molecule has 2 amide bonds. The number of aliphatic hydroxyl groups is 1. The van der Waals surface area contributed by atoms with Gasteiger partial charge in [0.1, 0.15) is 0 Å². The molecule has 1 fully saturated rings. The second kappa shape index (κ2) is 6.71. The van der Waals surface area contributed by atoms with E-state index in [1.165, 1.54) is 0 Å². The predicted molar refractivity (Wildman–Crippen MR) is 88.0 cm³/mol. The molecule has 3 unspecified atom stereocenters. The Morgan fingerprint density at radius 1 is 1.30 bits per heavy atom. The molecule has 1 aliphatic heterocycles. The molecular formula is C18H24N2O3. The molecule has 5 heteroatoms. The topological polar surface area (TPSA) is 69.6 Å². The third kappa shape index (κ3) is 3.39. The lowest BCUT2D eigenvalue weighted by atomic mass is 9.85. The van der Waals surface area contributed by atoms with Crippen molar-refractivity contribution in [2.45, 2.75) is 44.1 Å². The van der Waals surface area contributed by atoms with Crippen LogP contribution in [-0.4, -0.2) is 41.5 Å². The van der Waals surface area contributed by atoms with Crippen LogP contribution in [0.15, 0.2) is 24.3 Å². The molecule has 2 aliphatic rings. The minimum atomic E-state index is -0.425. The minimum Gasteiger partial charge on any atom is -0.393 e. The van der Waals surface area contributed by atoms with Crippen LogP contribution in [0.3, 0.4) is 0 Å². The van der Waals surface area contributed by atoms with Crippen molar-refractivity contribution < 1.29 is 14.7 Å². The van der Waals surface area contributed by atoms with Gasteiger partial charge in [0, 0.05) is 31.6 Å². The lowest BCUT2D eigenvalue weighted by Crippen LogP contribution is -2.41. The average Bonchev–Trinajstić information content (AvgIpc) is 2.55. The smallest absolute Gasteiger partial charge is 0.230 e. The summed E-state index contributed by atoms with van der Waals surface area (Å²) < 4.78 is 0. The van der Waals surface area contributed by atoms with Gasteiger partial charge in [0.05, 0.1) is 12.0 Å². The Morgan fingerprint density at radius 3 is 2.83 bits per heavy atom. The number of amides is 2. The molecule has 23 heavy (non-hydrogen) atoms. The van der Waals surface area contributed by atoms with Crippen molar-refractivity contribution in [3.05, 3.63) is 29.8 Å². The summed E-state index contributed by atoms with van der Waals surface area (Å²) in [5.74, 6) is -0.436. The van der Waals surface area contributed by atoms with Gasteiger partial charge in [-0.2, -0.15) is 0 Å². The molecule has 1 aliphatic carbocycles. The van der Waals surface area contributed by atoms with Gasteiger partial charge in [-0.15, -0.1) is 0 Å². The molecule has 0 aromatic heterocycles. The Hall–Kier alpha value is -1.88. The molecule has 1 heterocycles. The fraction of sp³-hybridized carbons (Fsp3) is 0.556. The van der Waals surface area contributed by atoms with Crippen LogP contribution in [0.25, 0.3) is 0 Å². The van der Waals surface area contributed by atoms with Crippen LogP contribution in [-0.2, 0) is 9.59 Å². The van der Waals surface area contributed by atoms with Crippen LogP contribution in [0.4, 0.5) is 5.69 Å². The molecule has 5 nitrogen and oxygen atoms in total. The third-order valence-electron chi connectivity index (χ3n) is 5.05. The van der Waals surface area contributed by atoms with Crippen molar-refractivity contribution in [3.8, 4) is 0 Å². The van der Waals surface area contributed by atoms with E-state index in [0.717, 1.165) is 36.9 Å². The zero-order chi connectivity index (χ0) is 16.4. The van der Waals surface area contributed by atoms with Gasteiger partial charge in [-0.25, -0.2) is 0 Å². The highest BCUT2D eigenvalue weighted by Gasteiger charge is 2.34. The first-order chi connectivity index (χ1) is 11.1. The number of benzene rings is 1. The predicted octanol–water partition coefficient (Wildman–Crippen LogP) is 2.12. The number of hydrogen-bond donors (Lipinski definition) is 2. The Labute approximate surface area is 136 Å². The van der Waals surface area contributed by atoms with E-state index in [1.54, 1.807) is 11.9 Å². The lowest BCUT2D eigenvalue weighted by molar-refractivity contribution is -0.135. The number of hydrogen-bond acceptors (Lipinski definition) is 3. The van der Waals surface area contributed by atoms with Gasteiger partial charge >= 0.3 is 0 Å². The molecule has 1 aromatic rings. The summed E-state index contributed by atoms with van der Waals surface area (Å²) in [5.41, 5.74) is 1.61. The van der Waals surface area contributed by atoms with Crippen LogP contribution in [0.2, 0.25) is 0 Å². The van der Waals surface area contributed by atoms with Crippen molar-refractivity contribution in [1.82, 2.24) is 4.90 Å². The van der Waals surface area contributed by atoms with E-state index in [1.807, 2.05) is 24.3 Å². The summed E-state index contributed by atoms with van der Waals surface area (Å²) in [6.45, 7) is 0.556. The molecule has 2 N–H and O–H groups in total. The molecule has 0 radical (unpaired) electrons. The highest BCUT2D eigenvalue weighted by atomic mass is 16.3. The molecule has 1 saturated carbocycles. The van der Waals surface area contributed by atoms with E-state index >= 15 is 0 Å². The molecular weight excluding hydrogens is 292 g/mol. The Bertz CT molecular complexity index is 602. The first-order valence-electron chi connectivity index (χ1n) is 8.38. The largest absolute Gasteiger partial charge is 0.393 e. The zero-order valence-electron chi connectivity index (χ0n) is 13.5. The first kappa shape index (κ1) is 16.0. The average molecular weight is 316 g/mol. The molecule has 3 rings (SSSR count). The maximum atomic E-state index is 12.9. The van der Waals surface area contributed by atoms with E-state index in [4.69, 9.17) is 0 Å². The summed E-state index contributed by atoms with van der Waals surface area (Å²) in [6, 6.07) is 7.48. The fourth-order valence-electron chi connectivity index (χ4n) is 3.74. The van der Waals surface area contributed by atoms with E-state index in [-0.39, 0.29) is 30.3 Å². The van der Waals surface area contributed by atoms with Gasteiger partial charge in [-0.05, 0) is 24.5 Å². The van der Waals surface area contributed by atoms with Crippen molar-refractivity contribution in [3.63, 3.8) is 0 Å². The summed E-state index contributed by atoms with van der Waals surface area (Å²) >= 11 is 0. The van der Waals surface area contributed by atoms with Gasteiger partial charge in [0.2, 0.25) is 11.8 Å². The number of carbonyl (C=O) groups excluding carboxylic acids is 2. The standard InChI is InChI=1S/C18H24N2O3/c1-20(11-12-6-2-5-9-16(12)21)18(23)14-10-17(22)19-15-8-4-3-7-13(14)15/h3-4,7-8,12,14,16,21H,2,5-6,9-11H2,1H3,(H,19,22). The molecule has 0 spiro atoms. The summed E-state index contributed by atoms with van der Waals surface area (Å²) in [6.07, 6.45) is 3.82. The SMILES string of the molecule is CN(CC1CCCCC1O)C(=O)C1CC(=O)Nc2ccccc21. The van der Waals surface area contributed by atoms with Gasteiger partial charge in [0.15, 0.2) is 0 Å². The molecule has 124 valence electrons. The second-order valence-electron chi connectivity index (χ2n) is 6.72. The maximum absolute atomic E-state index is 12.9. The number of aliphatic hydroxyl groups excluding tert-OH is 1. The molecule has 1 aromatic carbocycles. The van der Waals surface area contributed by atoms with Gasteiger partial charge in [-0.1, -0.05) is 31.0 Å². The van der Waals surface area contributed by atoms with E-state index in [9.17, 15) is 14.7 Å². The van der Waals surface area contributed by atoms with Crippen LogP contribution >= 0.6 is 0 Å². The summed E-state index contributed by atoms with van der Waals surface area (Å²) in [7, 11) is 1.78. The lowest BCUT2D eigenvalue weighted by Gasteiger charge is -2.34. The van der Waals surface area contributed by atoms with Crippen molar-refractivity contribution in [2.75, 3.05) is 18.9 Å². The number of nitrogens with one attached hydrogen (secondary N) is 1. The van der Waals surface area contributed by atoms with Crippen molar-refractivity contribution >= 4 is 17.5 Å². The third-order valence-corrected chi connectivity index (χ3v) is 5.05. The Morgan fingerprint density at radius 2 is 2.04 bits per heavy atom. The van der Waals surface area contributed by atoms with E-state index in [0.29, 0.717) is 6.54 Å². The van der Waals surface area contributed by atoms with E-state index < -0.39 is 5.92 Å². The van der Waals surface area contributed by atoms with Crippen molar-refractivity contribution in [1.29, 1.82) is 0 Å². The van der Waals surface area contributed by atoms with Gasteiger partial charge in [-0.3, -0.25) is 9.59 Å². The second-order valence-corrected chi connectivity index (χ2v) is 6.72. The normalized spacial score (nSPS) is 27.0. The van der Waals surface area contributed by atoms with Crippen LogP contribution in [0, 0.1) is 5.92 Å². The number of likely N-dealkylation sites (N-methyl/N-ethyl adjacent to an activating group) is 1. The molecule has 0 bridgehead atoms. The molecule has 0 saturated heterocycles. The molecule has 3 atom stereocenters. The van der Waals surface area contributed by atoms with E-state index in [2.05, 4.69) is 5.32 Å². The minimum absolute atomic E-state index is 0.0370. The highest BCUT2D eigenvalue weighted by molar-refractivity contribution is 6.01. The number of rotatable bonds is 3. The quantitative estimate of drug-likeness (QED) is 0.897. The summed E-state index contributed by atoms with van der Waals surface area (Å²) in [5, 5.41) is 12.9. The highest BCUT2D eigenvalue weighted by Crippen LogP contribution is 2.34. The number of carbonyl (C=O) groups is 2. The van der Waals surface area contributed by atoms with Gasteiger partial charge < -0.3 is 15.3 Å². The zero-order valence-corrected chi connectivity index (χ0v) is 13.5. The number of fused-ring (bicyclic) bond motifs is 1. The van der Waals surface area contributed by atoms with Crippen LogP contribution in [0.1, 0.15) is 43.6 Å². The maximum Gasteiger partial charge on any atom is 0.230 e. The van der Waals surface area contributed by atoms with Crippen LogP contribution < -0.4 is 5.32 Å². The monoisotopic (exact) mass is 316 g/mol. The van der Waals surface area contributed by atoms with Gasteiger partial charge in [0.25, 0.3) is 0 Å². The Kier molecular flexibility index (Phi) is 4.66. The first-order valence-corrected chi connectivity index (χ1v) is 8.38. The Balaban J connectivity index is 1.73. The number of nitrogens with zero attached hydrogens (tertiary/aromatic N) is 1. The summed E-state index contributed by atoms with van der Waals surface area (Å²) in [4.78, 5) is 26.4.